The number of nitrogens with zero attached hydrogens (tertiary/aromatic N) is 1. The van der Waals surface area contributed by atoms with Crippen LogP contribution in [-0.2, 0) is 9.53 Å². The highest BCUT2D eigenvalue weighted by Gasteiger charge is 2.00. The predicted molar refractivity (Wildman–Crippen MR) is 61.8 cm³/mol. The molecule has 2 heterocycles. The molecule has 4 nitrogen and oxygen atoms in total. The van der Waals surface area contributed by atoms with E-state index in [-0.39, 0.29) is 5.97 Å². The molecular weight excluding hydrogens is 204 g/mol. The van der Waals surface area contributed by atoms with Gasteiger partial charge in [0.25, 0.3) is 0 Å². The molecule has 2 aromatic rings. The maximum absolute atomic E-state index is 11.2. The molecule has 0 radical (unpaired) electrons. The van der Waals surface area contributed by atoms with Crippen LogP contribution >= 0.6 is 0 Å². The number of hydrogen-bond donors (Lipinski definition) is 1. The minimum absolute atomic E-state index is 0.331. The number of carbonyl (C=O) groups is 1. The number of pyridine rings is 1. The fourth-order valence-electron chi connectivity index (χ4n) is 1.48. The van der Waals surface area contributed by atoms with Crippen molar-refractivity contribution in [3.8, 4) is 0 Å². The minimum Gasteiger partial charge on any atom is -0.463 e. The minimum atomic E-state index is -0.331. The molecule has 1 N–H and O–H groups in total. The van der Waals surface area contributed by atoms with Gasteiger partial charge in [0.15, 0.2) is 0 Å². The molecule has 82 valence electrons. The molecule has 2 rings (SSSR count). The van der Waals surface area contributed by atoms with E-state index in [2.05, 4.69) is 9.97 Å². The molecule has 0 fully saturated rings. The second-order valence-corrected chi connectivity index (χ2v) is 3.23. The Kier molecular flexibility index (Phi) is 3.00. The monoisotopic (exact) mass is 216 g/mol. The first kappa shape index (κ1) is 10.4. The number of aromatic nitrogens is 2. The van der Waals surface area contributed by atoms with Gasteiger partial charge in [0.05, 0.1) is 6.61 Å². The van der Waals surface area contributed by atoms with Crippen LogP contribution in [0, 0.1) is 0 Å². The van der Waals surface area contributed by atoms with E-state index in [4.69, 9.17) is 4.74 Å². The summed E-state index contributed by atoms with van der Waals surface area (Å²) >= 11 is 0. The van der Waals surface area contributed by atoms with E-state index >= 15 is 0 Å². The van der Waals surface area contributed by atoms with Gasteiger partial charge in [0, 0.05) is 23.9 Å². The zero-order chi connectivity index (χ0) is 11.4. The van der Waals surface area contributed by atoms with Gasteiger partial charge in [-0.25, -0.2) is 9.78 Å². The van der Waals surface area contributed by atoms with Gasteiger partial charge < -0.3 is 9.72 Å². The standard InChI is InChI=1S/C12H12N2O2/c1-2-16-11(15)4-3-9-5-7-13-12-10(9)6-8-14-12/h3-8H,2H2,1H3,(H,13,14)/b4-3+. The molecule has 0 aliphatic carbocycles. The summed E-state index contributed by atoms with van der Waals surface area (Å²) in [5, 5.41) is 0.989. The van der Waals surface area contributed by atoms with Crippen molar-refractivity contribution in [3.05, 3.63) is 36.2 Å². The Morgan fingerprint density at radius 3 is 3.25 bits per heavy atom. The van der Waals surface area contributed by atoms with Gasteiger partial charge in [-0.2, -0.15) is 0 Å². The summed E-state index contributed by atoms with van der Waals surface area (Å²) in [7, 11) is 0. The van der Waals surface area contributed by atoms with Gasteiger partial charge in [-0.1, -0.05) is 0 Å². The highest BCUT2D eigenvalue weighted by Crippen LogP contribution is 2.16. The van der Waals surface area contributed by atoms with Crippen molar-refractivity contribution in [2.24, 2.45) is 0 Å². The van der Waals surface area contributed by atoms with Crippen LogP contribution in [0.2, 0.25) is 0 Å². The van der Waals surface area contributed by atoms with Crippen molar-refractivity contribution >= 4 is 23.1 Å². The number of esters is 1. The Balaban J connectivity index is 2.27. The third-order valence-electron chi connectivity index (χ3n) is 2.18. The fourth-order valence-corrected chi connectivity index (χ4v) is 1.48. The van der Waals surface area contributed by atoms with Crippen LogP contribution in [0.4, 0.5) is 0 Å². The van der Waals surface area contributed by atoms with Crippen LogP contribution in [-0.4, -0.2) is 22.5 Å². The van der Waals surface area contributed by atoms with Crippen molar-refractivity contribution < 1.29 is 9.53 Å². The summed E-state index contributed by atoms with van der Waals surface area (Å²) in [6.45, 7) is 2.17. The van der Waals surface area contributed by atoms with E-state index in [1.165, 1.54) is 6.08 Å². The smallest absolute Gasteiger partial charge is 0.330 e. The molecule has 0 aliphatic heterocycles. The summed E-state index contributed by atoms with van der Waals surface area (Å²) in [5.74, 6) is -0.331. The average molecular weight is 216 g/mol. The molecule has 0 saturated heterocycles. The lowest BCUT2D eigenvalue weighted by Crippen LogP contribution is -1.98. The van der Waals surface area contributed by atoms with Crippen LogP contribution in [0.1, 0.15) is 12.5 Å². The van der Waals surface area contributed by atoms with Crippen LogP contribution in [0.5, 0.6) is 0 Å². The normalized spacial score (nSPS) is 11.1. The fraction of sp³-hybridized carbons (Fsp3) is 0.167. The predicted octanol–water partition coefficient (Wildman–Crippen LogP) is 2.14. The van der Waals surface area contributed by atoms with Gasteiger partial charge in [0.2, 0.25) is 0 Å². The number of carbonyl (C=O) groups excluding carboxylic acids is 1. The summed E-state index contributed by atoms with van der Waals surface area (Å²) in [5.41, 5.74) is 1.75. The largest absolute Gasteiger partial charge is 0.463 e. The molecule has 0 amide bonds. The first-order valence-electron chi connectivity index (χ1n) is 5.08. The molecular formula is C12H12N2O2. The topological polar surface area (TPSA) is 55.0 Å². The van der Waals surface area contributed by atoms with Crippen LogP contribution in [0.15, 0.2) is 30.6 Å². The lowest BCUT2D eigenvalue weighted by molar-refractivity contribution is -0.137. The third-order valence-corrected chi connectivity index (χ3v) is 2.18. The number of nitrogens with one attached hydrogen (secondary N) is 1. The second kappa shape index (κ2) is 4.61. The lowest BCUT2D eigenvalue weighted by atomic mass is 10.2. The number of ether oxygens (including phenoxy) is 1. The van der Waals surface area contributed by atoms with Crippen LogP contribution < -0.4 is 0 Å². The molecule has 0 unspecified atom stereocenters. The van der Waals surface area contributed by atoms with Crippen molar-refractivity contribution in [1.29, 1.82) is 0 Å². The van der Waals surface area contributed by atoms with Crippen molar-refractivity contribution in [1.82, 2.24) is 9.97 Å². The van der Waals surface area contributed by atoms with Crippen LogP contribution in [0.25, 0.3) is 17.1 Å². The molecule has 0 saturated carbocycles. The Labute approximate surface area is 93.0 Å². The molecule has 0 aromatic carbocycles. The summed E-state index contributed by atoms with van der Waals surface area (Å²) in [6, 6.07) is 3.78. The molecule has 16 heavy (non-hydrogen) atoms. The molecule has 4 heteroatoms. The number of fused-ring (bicyclic) bond motifs is 1. The Hall–Kier alpha value is -2.10. The van der Waals surface area contributed by atoms with Gasteiger partial charge >= 0.3 is 5.97 Å². The highest BCUT2D eigenvalue weighted by molar-refractivity contribution is 5.92. The van der Waals surface area contributed by atoms with E-state index < -0.39 is 0 Å². The molecule has 0 bridgehead atoms. The first-order valence-corrected chi connectivity index (χ1v) is 5.08. The van der Waals surface area contributed by atoms with Gasteiger partial charge in [-0.3, -0.25) is 0 Å². The van der Waals surface area contributed by atoms with Crippen molar-refractivity contribution in [3.63, 3.8) is 0 Å². The van der Waals surface area contributed by atoms with E-state index in [1.54, 1.807) is 19.2 Å². The molecule has 0 atom stereocenters. The van der Waals surface area contributed by atoms with E-state index in [9.17, 15) is 4.79 Å². The summed E-state index contributed by atoms with van der Waals surface area (Å²) < 4.78 is 4.81. The Bertz CT molecular complexity index is 529. The lowest BCUT2D eigenvalue weighted by Gasteiger charge is -1.97. The quantitative estimate of drug-likeness (QED) is 0.631. The Morgan fingerprint density at radius 1 is 1.56 bits per heavy atom. The number of rotatable bonds is 3. The maximum Gasteiger partial charge on any atom is 0.330 e. The third kappa shape index (κ3) is 2.11. The summed E-state index contributed by atoms with van der Waals surface area (Å²) in [6.07, 6.45) is 6.67. The van der Waals surface area contributed by atoms with E-state index in [0.29, 0.717) is 6.61 Å². The first-order chi connectivity index (χ1) is 7.81. The highest BCUT2D eigenvalue weighted by atomic mass is 16.5. The van der Waals surface area contributed by atoms with Gasteiger partial charge in [-0.05, 0) is 30.7 Å². The second-order valence-electron chi connectivity index (χ2n) is 3.23. The molecule has 0 spiro atoms. The number of H-pyrrole nitrogens is 1. The summed E-state index contributed by atoms with van der Waals surface area (Å²) in [4.78, 5) is 18.3. The zero-order valence-corrected chi connectivity index (χ0v) is 8.93. The molecule has 2 aromatic heterocycles. The van der Waals surface area contributed by atoms with Crippen molar-refractivity contribution in [2.75, 3.05) is 6.61 Å². The van der Waals surface area contributed by atoms with Crippen molar-refractivity contribution in [2.45, 2.75) is 6.92 Å². The average Bonchev–Trinajstić information content (AvgIpc) is 2.75. The van der Waals surface area contributed by atoms with Crippen LogP contribution in [0.3, 0.4) is 0 Å². The zero-order valence-electron chi connectivity index (χ0n) is 8.93. The van der Waals surface area contributed by atoms with Gasteiger partial charge in [-0.15, -0.1) is 0 Å². The molecule has 0 aliphatic rings. The number of hydrogen-bond acceptors (Lipinski definition) is 3. The number of aromatic amines is 1. The maximum atomic E-state index is 11.2. The SMILES string of the molecule is CCOC(=O)/C=C/c1ccnc2[nH]ccc12. The van der Waals surface area contributed by atoms with Gasteiger partial charge in [0.1, 0.15) is 5.65 Å². The Morgan fingerprint density at radius 2 is 2.44 bits per heavy atom. The van der Waals surface area contributed by atoms with E-state index in [1.807, 2.05) is 18.3 Å². The van der Waals surface area contributed by atoms with E-state index in [0.717, 1.165) is 16.6 Å².